The molecule has 0 bridgehead atoms. The highest BCUT2D eigenvalue weighted by Crippen LogP contribution is 2.33. The van der Waals surface area contributed by atoms with Crippen LogP contribution in [0.2, 0.25) is 0 Å². The zero-order chi connectivity index (χ0) is 13.0. The van der Waals surface area contributed by atoms with Crippen LogP contribution in [-0.4, -0.2) is 30.9 Å². The summed E-state index contributed by atoms with van der Waals surface area (Å²) in [7, 11) is 0. The van der Waals surface area contributed by atoms with Gasteiger partial charge in [0.15, 0.2) is 11.5 Å². The quantitative estimate of drug-likeness (QED) is 0.787. The number of hydrogen-bond acceptors (Lipinski definition) is 5. The molecular formula is C12H16N2O3S. The predicted molar refractivity (Wildman–Crippen MR) is 69.9 cm³/mol. The largest absolute Gasteiger partial charge is 0.490 e. The number of carbonyl (C=O) groups excluding carboxylic acids is 1. The lowest BCUT2D eigenvalue weighted by Crippen LogP contribution is -2.38. The first-order valence-corrected chi connectivity index (χ1v) is 6.73. The van der Waals surface area contributed by atoms with Crippen molar-refractivity contribution in [3.63, 3.8) is 0 Å². The summed E-state index contributed by atoms with van der Waals surface area (Å²) in [6.07, 6.45) is 0.879. The fourth-order valence-corrected chi connectivity index (χ4v) is 2.39. The van der Waals surface area contributed by atoms with E-state index in [9.17, 15) is 4.79 Å². The maximum Gasteiger partial charge on any atom is 0.235 e. The van der Waals surface area contributed by atoms with Crippen LogP contribution in [0.4, 0.5) is 0 Å². The molecule has 1 aromatic carbocycles. The van der Waals surface area contributed by atoms with Crippen molar-refractivity contribution in [2.45, 2.75) is 17.4 Å². The Morgan fingerprint density at radius 2 is 2.06 bits per heavy atom. The molecule has 5 nitrogen and oxygen atoms in total. The normalized spacial score (nSPS) is 15.8. The highest BCUT2D eigenvalue weighted by molar-refractivity contribution is 7.99. The molecule has 1 aliphatic heterocycles. The molecule has 0 fully saturated rings. The number of carbonyl (C=O) groups is 1. The van der Waals surface area contributed by atoms with Crippen LogP contribution in [-0.2, 0) is 4.79 Å². The van der Waals surface area contributed by atoms with E-state index in [-0.39, 0.29) is 0 Å². The van der Waals surface area contributed by atoms with Gasteiger partial charge in [0.2, 0.25) is 5.91 Å². The number of rotatable bonds is 4. The van der Waals surface area contributed by atoms with Crippen molar-refractivity contribution in [2.75, 3.05) is 19.0 Å². The molecule has 0 radical (unpaired) electrons. The number of benzene rings is 1. The van der Waals surface area contributed by atoms with Crippen LogP contribution in [0, 0.1) is 0 Å². The molecule has 1 atom stereocenters. The first-order valence-electron chi connectivity index (χ1n) is 5.74. The van der Waals surface area contributed by atoms with Crippen LogP contribution >= 0.6 is 11.8 Å². The second-order valence-corrected chi connectivity index (χ2v) is 5.07. The Balaban J connectivity index is 2.02. The van der Waals surface area contributed by atoms with Gasteiger partial charge >= 0.3 is 0 Å². The summed E-state index contributed by atoms with van der Waals surface area (Å²) in [5, 5.41) is 0. The zero-order valence-electron chi connectivity index (χ0n) is 9.93. The lowest BCUT2D eigenvalue weighted by Gasteiger charge is -2.10. The van der Waals surface area contributed by atoms with Gasteiger partial charge in [-0.25, -0.2) is 0 Å². The van der Waals surface area contributed by atoms with Gasteiger partial charge in [-0.05, 0) is 18.2 Å². The maximum atomic E-state index is 10.8. The summed E-state index contributed by atoms with van der Waals surface area (Å²) < 4.78 is 11.1. The molecule has 1 heterocycles. The Kier molecular flexibility index (Phi) is 4.33. The number of fused-ring (bicyclic) bond motifs is 1. The smallest absolute Gasteiger partial charge is 0.235 e. The first-order chi connectivity index (χ1) is 8.66. The summed E-state index contributed by atoms with van der Waals surface area (Å²) in [6.45, 7) is 1.33. The number of amides is 1. The van der Waals surface area contributed by atoms with Crippen LogP contribution in [0.3, 0.4) is 0 Å². The van der Waals surface area contributed by atoms with Crippen molar-refractivity contribution in [1.29, 1.82) is 0 Å². The van der Waals surface area contributed by atoms with Crippen LogP contribution in [0.15, 0.2) is 23.1 Å². The third kappa shape index (κ3) is 3.30. The Morgan fingerprint density at radius 3 is 2.78 bits per heavy atom. The SMILES string of the molecule is NC(=O)C(N)CSc1ccc2c(c1)OCCCO2. The number of hydrogen-bond donors (Lipinski definition) is 2. The van der Waals surface area contributed by atoms with E-state index in [1.807, 2.05) is 18.2 Å². The summed E-state index contributed by atoms with van der Waals surface area (Å²) in [5.41, 5.74) is 10.7. The fourth-order valence-electron chi connectivity index (χ4n) is 1.50. The number of primary amides is 1. The monoisotopic (exact) mass is 268 g/mol. The van der Waals surface area contributed by atoms with Gasteiger partial charge in [0.1, 0.15) is 0 Å². The van der Waals surface area contributed by atoms with E-state index in [1.54, 1.807) is 0 Å². The van der Waals surface area contributed by atoms with Crippen molar-refractivity contribution in [3.8, 4) is 11.5 Å². The van der Waals surface area contributed by atoms with Crippen molar-refractivity contribution in [1.82, 2.24) is 0 Å². The second-order valence-electron chi connectivity index (χ2n) is 3.98. The summed E-state index contributed by atoms with van der Waals surface area (Å²) in [4.78, 5) is 11.8. The molecular weight excluding hydrogens is 252 g/mol. The Labute approximate surface area is 110 Å². The van der Waals surface area contributed by atoms with Gasteiger partial charge in [0.05, 0.1) is 19.3 Å². The van der Waals surface area contributed by atoms with Crippen LogP contribution < -0.4 is 20.9 Å². The Bertz CT molecular complexity index is 439. The average molecular weight is 268 g/mol. The lowest BCUT2D eigenvalue weighted by molar-refractivity contribution is -0.118. The maximum absolute atomic E-state index is 10.8. The van der Waals surface area contributed by atoms with Crippen molar-refractivity contribution < 1.29 is 14.3 Å². The van der Waals surface area contributed by atoms with Gasteiger partial charge in [0, 0.05) is 17.1 Å². The first kappa shape index (κ1) is 13.0. The summed E-state index contributed by atoms with van der Waals surface area (Å²) in [5.74, 6) is 1.47. The third-order valence-electron chi connectivity index (χ3n) is 2.51. The summed E-state index contributed by atoms with van der Waals surface area (Å²) in [6, 6.07) is 5.06. The average Bonchev–Trinajstić information content (AvgIpc) is 2.60. The minimum absolute atomic E-state index is 0.453. The third-order valence-corrected chi connectivity index (χ3v) is 3.63. The molecule has 1 amide bonds. The van der Waals surface area contributed by atoms with Crippen molar-refractivity contribution in [3.05, 3.63) is 18.2 Å². The molecule has 0 aliphatic carbocycles. The standard InChI is InChI=1S/C12H16N2O3S/c13-9(12(14)15)7-18-8-2-3-10-11(6-8)17-5-1-4-16-10/h2-3,6,9H,1,4-5,7,13H2,(H2,14,15). The zero-order valence-corrected chi connectivity index (χ0v) is 10.7. The number of nitrogens with two attached hydrogens (primary N) is 2. The highest BCUT2D eigenvalue weighted by atomic mass is 32.2. The lowest BCUT2D eigenvalue weighted by atomic mass is 10.3. The summed E-state index contributed by atoms with van der Waals surface area (Å²) >= 11 is 1.48. The molecule has 18 heavy (non-hydrogen) atoms. The second kappa shape index (κ2) is 5.97. The van der Waals surface area contributed by atoms with Crippen LogP contribution in [0.25, 0.3) is 0 Å². The van der Waals surface area contributed by atoms with E-state index < -0.39 is 11.9 Å². The molecule has 2 rings (SSSR count). The molecule has 98 valence electrons. The fraction of sp³-hybridized carbons (Fsp3) is 0.417. The molecule has 1 aromatic rings. The molecule has 0 spiro atoms. The van der Waals surface area contributed by atoms with Gasteiger partial charge in [-0.15, -0.1) is 11.8 Å². The van der Waals surface area contributed by atoms with Crippen molar-refractivity contribution >= 4 is 17.7 Å². The minimum atomic E-state index is -0.633. The molecule has 4 N–H and O–H groups in total. The highest BCUT2D eigenvalue weighted by Gasteiger charge is 2.13. The van der Waals surface area contributed by atoms with E-state index in [2.05, 4.69) is 0 Å². The molecule has 6 heteroatoms. The van der Waals surface area contributed by atoms with Crippen LogP contribution in [0.1, 0.15) is 6.42 Å². The van der Waals surface area contributed by atoms with Gasteiger partial charge in [0.25, 0.3) is 0 Å². The van der Waals surface area contributed by atoms with E-state index in [4.69, 9.17) is 20.9 Å². The molecule has 1 unspecified atom stereocenters. The van der Waals surface area contributed by atoms with Gasteiger partial charge in [-0.1, -0.05) is 0 Å². The van der Waals surface area contributed by atoms with Gasteiger partial charge in [-0.3, -0.25) is 4.79 Å². The van der Waals surface area contributed by atoms with E-state index in [1.165, 1.54) is 11.8 Å². The van der Waals surface area contributed by atoms with Crippen molar-refractivity contribution in [2.24, 2.45) is 11.5 Å². The van der Waals surface area contributed by atoms with E-state index >= 15 is 0 Å². The van der Waals surface area contributed by atoms with E-state index in [0.717, 1.165) is 22.8 Å². The minimum Gasteiger partial charge on any atom is -0.490 e. The molecule has 0 saturated carbocycles. The van der Waals surface area contributed by atoms with Gasteiger partial charge in [-0.2, -0.15) is 0 Å². The molecule has 1 aliphatic rings. The Hall–Kier alpha value is -1.40. The number of thioether (sulfide) groups is 1. The predicted octanol–water partition coefficient (Wildman–Crippen LogP) is 0.753. The number of ether oxygens (including phenoxy) is 2. The van der Waals surface area contributed by atoms with Crippen LogP contribution in [0.5, 0.6) is 11.5 Å². The Morgan fingerprint density at radius 1 is 1.33 bits per heavy atom. The van der Waals surface area contributed by atoms with E-state index in [0.29, 0.717) is 19.0 Å². The molecule has 0 aromatic heterocycles. The topological polar surface area (TPSA) is 87.6 Å². The van der Waals surface area contributed by atoms with Gasteiger partial charge < -0.3 is 20.9 Å². The molecule has 0 saturated heterocycles.